The fraction of sp³-hybridized carbons (Fsp3) is 0.350. The second-order valence-electron chi connectivity index (χ2n) is 6.88. The predicted molar refractivity (Wildman–Crippen MR) is 114 cm³/mol. The van der Waals surface area contributed by atoms with E-state index in [-0.39, 0.29) is 11.0 Å². The van der Waals surface area contributed by atoms with Crippen LogP contribution in [0.15, 0.2) is 24.3 Å². The van der Waals surface area contributed by atoms with E-state index in [0.717, 1.165) is 36.8 Å². The second-order valence-corrected chi connectivity index (χ2v) is 8.39. The van der Waals surface area contributed by atoms with Crippen LogP contribution >= 0.6 is 23.6 Å². The van der Waals surface area contributed by atoms with Crippen LogP contribution in [0.4, 0.5) is 5.00 Å². The molecule has 27 heavy (non-hydrogen) atoms. The number of nitrogens with one attached hydrogen (secondary N) is 2. The Labute approximate surface area is 168 Å². The van der Waals surface area contributed by atoms with E-state index in [9.17, 15) is 9.59 Å². The summed E-state index contributed by atoms with van der Waals surface area (Å²) < 4.78 is 0. The maximum Gasteiger partial charge on any atom is 0.257 e. The molecule has 2 aromatic rings. The molecule has 0 spiro atoms. The number of thiophene rings is 1. The number of anilines is 1. The lowest BCUT2D eigenvalue weighted by Crippen LogP contribution is -2.34. The van der Waals surface area contributed by atoms with Gasteiger partial charge in [-0.1, -0.05) is 26.0 Å². The van der Waals surface area contributed by atoms with E-state index < -0.39 is 5.91 Å². The average molecular weight is 402 g/mol. The lowest BCUT2D eigenvalue weighted by atomic mass is 9.88. The standard InChI is InChI=1S/C20H23N3O2S2/c1-3-12-5-7-13(8-6-12)18(25)22-20(26)23-19-16(17(21)24)14-9-4-11(2)10-15(14)27-19/h5-8,11H,3-4,9-10H2,1-2H3,(H2,21,24)(H2,22,23,25,26)/t11-/m0/s1. The van der Waals surface area contributed by atoms with Crippen LogP contribution in [-0.2, 0) is 19.3 Å². The molecular formula is C20H23N3O2S2. The zero-order chi connectivity index (χ0) is 19.6. The number of benzene rings is 1. The average Bonchev–Trinajstić information content (AvgIpc) is 2.98. The van der Waals surface area contributed by atoms with Crippen molar-refractivity contribution in [1.29, 1.82) is 0 Å². The number of carbonyl (C=O) groups is 2. The van der Waals surface area contributed by atoms with Gasteiger partial charge in [-0.3, -0.25) is 14.9 Å². The van der Waals surface area contributed by atoms with Crippen molar-refractivity contribution in [2.75, 3.05) is 5.32 Å². The quantitative estimate of drug-likeness (QED) is 0.683. The molecule has 0 unspecified atom stereocenters. The van der Waals surface area contributed by atoms with Crippen molar-refractivity contribution in [2.45, 2.75) is 39.5 Å². The number of nitrogens with two attached hydrogens (primary N) is 1. The zero-order valence-electron chi connectivity index (χ0n) is 15.4. The molecule has 1 heterocycles. The van der Waals surface area contributed by atoms with Crippen molar-refractivity contribution >= 4 is 45.5 Å². The second kappa shape index (κ2) is 8.19. The molecule has 0 radical (unpaired) electrons. The fourth-order valence-electron chi connectivity index (χ4n) is 3.30. The number of aryl methyl sites for hydroxylation is 1. The molecule has 7 heteroatoms. The van der Waals surface area contributed by atoms with E-state index in [1.54, 1.807) is 12.1 Å². The van der Waals surface area contributed by atoms with Gasteiger partial charge in [0, 0.05) is 10.4 Å². The van der Waals surface area contributed by atoms with E-state index in [4.69, 9.17) is 18.0 Å². The van der Waals surface area contributed by atoms with Crippen LogP contribution in [0.2, 0.25) is 0 Å². The number of fused-ring (bicyclic) bond motifs is 1. The molecule has 0 bridgehead atoms. The van der Waals surface area contributed by atoms with Crippen LogP contribution in [0.25, 0.3) is 0 Å². The van der Waals surface area contributed by atoms with Gasteiger partial charge < -0.3 is 11.1 Å². The summed E-state index contributed by atoms with van der Waals surface area (Å²) in [4.78, 5) is 25.5. The normalized spacial score (nSPS) is 15.7. The molecule has 2 amide bonds. The van der Waals surface area contributed by atoms with Crippen molar-refractivity contribution in [2.24, 2.45) is 11.7 Å². The first-order valence-electron chi connectivity index (χ1n) is 9.04. The highest BCUT2D eigenvalue weighted by Crippen LogP contribution is 2.39. The van der Waals surface area contributed by atoms with E-state index >= 15 is 0 Å². The number of rotatable bonds is 4. The summed E-state index contributed by atoms with van der Waals surface area (Å²) in [6, 6.07) is 7.39. The molecule has 0 aliphatic heterocycles. The molecule has 1 aromatic carbocycles. The maximum atomic E-state index is 12.4. The molecule has 3 rings (SSSR count). The molecule has 5 nitrogen and oxygen atoms in total. The van der Waals surface area contributed by atoms with E-state index in [2.05, 4.69) is 24.5 Å². The summed E-state index contributed by atoms with van der Waals surface area (Å²) in [5.41, 5.74) is 8.84. The third kappa shape index (κ3) is 4.36. The smallest absolute Gasteiger partial charge is 0.257 e. The third-order valence-electron chi connectivity index (χ3n) is 4.84. The molecule has 0 saturated carbocycles. The Morgan fingerprint density at radius 3 is 2.63 bits per heavy atom. The Morgan fingerprint density at radius 2 is 2.00 bits per heavy atom. The van der Waals surface area contributed by atoms with E-state index in [0.29, 0.717) is 22.0 Å². The van der Waals surface area contributed by atoms with Crippen LogP contribution in [-0.4, -0.2) is 16.9 Å². The lowest BCUT2D eigenvalue weighted by molar-refractivity contribution is 0.0975. The largest absolute Gasteiger partial charge is 0.365 e. The summed E-state index contributed by atoms with van der Waals surface area (Å²) in [5, 5.41) is 6.46. The van der Waals surface area contributed by atoms with Crippen LogP contribution in [0.3, 0.4) is 0 Å². The highest BCUT2D eigenvalue weighted by atomic mass is 32.1. The van der Waals surface area contributed by atoms with Crippen molar-refractivity contribution in [3.8, 4) is 0 Å². The topological polar surface area (TPSA) is 84.2 Å². The number of primary amides is 1. The van der Waals surface area contributed by atoms with Crippen molar-refractivity contribution < 1.29 is 9.59 Å². The molecule has 1 aliphatic rings. The van der Waals surface area contributed by atoms with Crippen LogP contribution in [0.1, 0.15) is 57.0 Å². The minimum Gasteiger partial charge on any atom is -0.365 e. The van der Waals surface area contributed by atoms with Crippen molar-refractivity contribution in [1.82, 2.24) is 5.32 Å². The first-order chi connectivity index (χ1) is 12.9. The number of carbonyl (C=O) groups excluding carboxylic acids is 2. The summed E-state index contributed by atoms with van der Waals surface area (Å²) in [6.07, 6.45) is 3.73. The van der Waals surface area contributed by atoms with Gasteiger partial charge in [0.25, 0.3) is 11.8 Å². The van der Waals surface area contributed by atoms with E-state index in [1.165, 1.54) is 16.2 Å². The fourth-order valence-corrected chi connectivity index (χ4v) is 4.98. The Hall–Kier alpha value is -2.25. The van der Waals surface area contributed by atoms with Gasteiger partial charge >= 0.3 is 0 Å². The first kappa shape index (κ1) is 19.5. The van der Waals surface area contributed by atoms with Gasteiger partial charge in [-0.15, -0.1) is 11.3 Å². The van der Waals surface area contributed by atoms with Crippen LogP contribution in [0, 0.1) is 5.92 Å². The number of hydrogen-bond acceptors (Lipinski definition) is 4. The summed E-state index contributed by atoms with van der Waals surface area (Å²) in [6.45, 7) is 4.26. The lowest BCUT2D eigenvalue weighted by Gasteiger charge is -2.18. The molecule has 0 fully saturated rings. The number of amides is 2. The highest BCUT2D eigenvalue weighted by molar-refractivity contribution is 7.80. The molecule has 1 aromatic heterocycles. The van der Waals surface area contributed by atoms with Crippen molar-refractivity contribution in [3.05, 3.63) is 51.4 Å². The summed E-state index contributed by atoms with van der Waals surface area (Å²) in [7, 11) is 0. The van der Waals surface area contributed by atoms with Gasteiger partial charge in [-0.05, 0) is 67.1 Å². The zero-order valence-corrected chi connectivity index (χ0v) is 17.1. The molecule has 1 aliphatic carbocycles. The molecule has 0 saturated heterocycles. The third-order valence-corrected chi connectivity index (χ3v) is 6.21. The van der Waals surface area contributed by atoms with Gasteiger partial charge in [-0.2, -0.15) is 0 Å². The molecule has 1 atom stereocenters. The SMILES string of the molecule is CCc1ccc(C(=O)NC(=S)Nc2sc3c(c2C(N)=O)CC[C@H](C)C3)cc1. The predicted octanol–water partition coefficient (Wildman–Crippen LogP) is 3.66. The Bertz CT molecular complexity index is 887. The van der Waals surface area contributed by atoms with Gasteiger partial charge in [0.15, 0.2) is 5.11 Å². The first-order valence-corrected chi connectivity index (χ1v) is 10.3. The van der Waals surface area contributed by atoms with E-state index in [1.807, 2.05) is 12.1 Å². The molecule has 4 N–H and O–H groups in total. The monoisotopic (exact) mass is 401 g/mol. The van der Waals surface area contributed by atoms with Crippen LogP contribution < -0.4 is 16.4 Å². The molecule has 142 valence electrons. The van der Waals surface area contributed by atoms with Crippen molar-refractivity contribution in [3.63, 3.8) is 0 Å². The Kier molecular flexibility index (Phi) is 5.92. The van der Waals surface area contributed by atoms with Gasteiger partial charge in [0.05, 0.1) is 5.56 Å². The van der Waals surface area contributed by atoms with Gasteiger partial charge in [-0.25, -0.2) is 0 Å². The van der Waals surface area contributed by atoms with Crippen LogP contribution in [0.5, 0.6) is 0 Å². The highest BCUT2D eigenvalue weighted by Gasteiger charge is 2.27. The Morgan fingerprint density at radius 1 is 1.30 bits per heavy atom. The maximum absolute atomic E-state index is 12.4. The summed E-state index contributed by atoms with van der Waals surface area (Å²) >= 11 is 6.78. The Balaban J connectivity index is 1.73. The van der Waals surface area contributed by atoms with Gasteiger partial charge in [0.2, 0.25) is 0 Å². The number of thiocarbonyl (C=S) groups is 1. The molecular weight excluding hydrogens is 378 g/mol. The van der Waals surface area contributed by atoms with Gasteiger partial charge in [0.1, 0.15) is 5.00 Å². The minimum atomic E-state index is -0.464. The summed E-state index contributed by atoms with van der Waals surface area (Å²) in [5.74, 6) is -0.165. The number of hydrogen-bond donors (Lipinski definition) is 3. The minimum absolute atomic E-state index is 0.161.